The molecule has 2 saturated heterocycles. The van der Waals surface area contributed by atoms with Gasteiger partial charge in [0.25, 0.3) is 0 Å². The van der Waals surface area contributed by atoms with E-state index >= 15 is 0 Å². The Morgan fingerprint density at radius 1 is 1.28 bits per heavy atom. The molecule has 2 heterocycles. The second-order valence-corrected chi connectivity index (χ2v) is 9.93. The van der Waals surface area contributed by atoms with Gasteiger partial charge in [-0.3, -0.25) is 19.3 Å². The minimum atomic E-state index is -1.39. The monoisotopic (exact) mass is 448 g/mol. The van der Waals surface area contributed by atoms with Crippen molar-refractivity contribution in [2.45, 2.75) is 51.9 Å². The number of carbonyl (C=O) groups is 3. The Labute approximate surface area is 190 Å². The van der Waals surface area contributed by atoms with Gasteiger partial charge in [0.2, 0.25) is 0 Å². The number of aliphatic hydroxyl groups is 1. The van der Waals surface area contributed by atoms with Crippen molar-refractivity contribution < 1.29 is 29.0 Å². The van der Waals surface area contributed by atoms with Crippen LogP contribution in [0.4, 0.5) is 0 Å². The van der Waals surface area contributed by atoms with Gasteiger partial charge in [-0.05, 0) is 44.7 Å². The molecule has 8 heteroatoms. The molecule has 0 saturated carbocycles. The van der Waals surface area contributed by atoms with Crippen molar-refractivity contribution in [3.05, 3.63) is 23.8 Å². The van der Waals surface area contributed by atoms with Crippen LogP contribution in [0.25, 0.3) is 0 Å². The van der Waals surface area contributed by atoms with Crippen LogP contribution in [0.3, 0.4) is 0 Å². The summed E-state index contributed by atoms with van der Waals surface area (Å²) in [5.41, 5.74) is -0.958. The fourth-order valence-corrected chi connectivity index (χ4v) is 4.54. The topological polar surface area (TPSA) is 96.4 Å². The molecule has 1 aliphatic carbocycles. The van der Waals surface area contributed by atoms with E-state index < -0.39 is 29.6 Å². The highest BCUT2D eigenvalue weighted by Crippen LogP contribution is 2.39. The quantitative estimate of drug-likeness (QED) is 0.641. The average Bonchev–Trinajstić information content (AvgIpc) is 3.01. The molecule has 0 aromatic rings. The largest absolute Gasteiger partial charge is 0.462 e. The molecule has 0 bridgehead atoms. The first-order valence-corrected chi connectivity index (χ1v) is 11.4. The van der Waals surface area contributed by atoms with Gasteiger partial charge in [-0.2, -0.15) is 0 Å². The smallest absolute Gasteiger partial charge is 0.311 e. The van der Waals surface area contributed by atoms with Crippen LogP contribution in [-0.2, 0) is 23.9 Å². The van der Waals surface area contributed by atoms with E-state index in [-0.39, 0.29) is 30.1 Å². The molecular weight excluding hydrogens is 412 g/mol. The minimum Gasteiger partial charge on any atom is -0.462 e. The molecule has 0 aromatic heterocycles. The van der Waals surface area contributed by atoms with Crippen molar-refractivity contribution in [3.8, 4) is 0 Å². The van der Waals surface area contributed by atoms with Gasteiger partial charge in [0, 0.05) is 39.1 Å². The minimum absolute atomic E-state index is 0.0686. The molecule has 0 radical (unpaired) electrons. The first-order valence-electron chi connectivity index (χ1n) is 11.4. The first-order chi connectivity index (χ1) is 15.0. The normalized spacial score (nSPS) is 37.4. The molecule has 0 spiro atoms. The van der Waals surface area contributed by atoms with Crippen molar-refractivity contribution in [1.29, 1.82) is 0 Å². The summed E-state index contributed by atoms with van der Waals surface area (Å²) in [6.45, 7) is 10.7. The SMILES string of the molecule is C/C1=C/[C@H]2OC(=O)C(CN3CCN(C)CC3)[C@@H]2[C@H](OC(=O)C(C)C)C[C@@](C)(O)/C=C/C1=O. The molecule has 2 fully saturated rings. The Morgan fingerprint density at radius 3 is 2.56 bits per heavy atom. The number of esters is 2. The zero-order valence-corrected chi connectivity index (χ0v) is 19.7. The number of fused-ring (bicyclic) bond motifs is 1. The van der Waals surface area contributed by atoms with Crippen LogP contribution >= 0.6 is 0 Å². The van der Waals surface area contributed by atoms with Gasteiger partial charge in [0.15, 0.2) is 5.78 Å². The molecule has 178 valence electrons. The fourth-order valence-electron chi connectivity index (χ4n) is 4.54. The summed E-state index contributed by atoms with van der Waals surface area (Å²) >= 11 is 0. The van der Waals surface area contributed by atoms with E-state index in [1.165, 1.54) is 12.2 Å². The third-order valence-electron chi connectivity index (χ3n) is 6.63. The Balaban J connectivity index is 1.97. The first kappa shape index (κ1) is 24.6. The molecule has 1 N–H and O–H groups in total. The predicted octanol–water partition coefficient (Wildman–Crippen LogP) is 1.19. The average molecular weight is 449 g/mol. The lowest BCUT2D eigenvalue weighted by molar-refractivity contribution is -0.160. The number of piperazine rings is 1. The predicted molar refractivity (Wildman–Crippen MR) is 119 cm³/mol. The number of carbonyl (C=O) groups excluding carboxylic acids is 3. The highest BCUT2D eigenvalue weighted by Gasteiger charge is 2.51. The number of nitrogens with zero attached hydrogens (tertiary/aromatic N) is 2. The number of hydrogen-bond acceptors (Lipinski definition) is 8. The van der Waals surface area contributed by atoms with Crippen molar-refractivity contribution in [2.24, 2.45) is 17.8 Å². The summed E-state index contributed by atoms with van der Waals surface area (Å²) in [6, 6.07) is 0. The lowest BCUT2D eigenvalue weighted by Gasteiger charge is -2.37. The molecule has 3 rings (SSSR count). The van der Waals surface area contributed by atoms with E-state index in [1.54, 1.807) is 33.8 Å². The number of allylic oxidation sites excluding steroid dienone is 2. The van der Waals surface area contributed by atoms with E-state index in [0.717, 1.165) is 26.2 Å². The molecule has 8 nitrogen and oxygen atoms in total. The Bertz CT molecular complexity index is 794. The number of likely N-dealkylation sites (N-methyl/N-ethyl adjacent to an activating group) is 1. The van der Waals surface area contributed by atoms with Gasteiger partial charge in [0.05, 0.1) is 23.4 Å². The summed E-state index contributed by atoms with van der Waals surface area (Å²) in [7, 11) is 2.07. The number of ketones is 1. The summed E-state index contributed by atoms with van der Waals surface area (Å²) in [5, 5.41) is 11.0. The maximum absolute atomic E-state index is 13.0. The lowest BCUT2D eigenvalue weighted by Crippen LogP contribution is -2.49. The molecule has 3 aliphatic rings. The maximum Gasteiger partial charge on any atom is 0.311 e. The van der Waals surface area contributed by atoms with Crippen LogP contribution in [0, 0.1) is 17.8 Å². The molecule has 1 unspecified atom stereocenters. The highest BCUT2D eigenvalue weighted by atomic mass is 16.6. The van der Waals surface area contributed by atoms with Gasteiger partial charge in [-0.15, -0.1) is 0 Å². The maximum atomic E-state index is 13.0. The second-order valence-electron chi connectivity index (χ2n) is 9.93. The summed E-state index contributed by atoms with van der Waals surface area (Å²) in [6.07, 6.45) is 3.06. The zero-order chi connectivity index (χ0) is 23.6. The Hall–Kier alpha value is -2.03. The third-order valence-corrected chi connectivity index (χ3v) is 6.63. The van der Waals surface area contributed by atoms with E-state index in [2.05, 4.69) is 16.8 Å². The number of hydrogen-bond donors (Lipinski definition) is 1. The Kier molecular flexibility index (Phi) is 7.57. The standard InChI is InChI=1S/C24H36N2O6/c1-15(2)22(28)32-20-13-24(4,30)7-6-18(27)16(3)12-19-21(20)17(23(29)31-19)14-26-10-8-25(5)9-11-26/h6-7,12,15,17,19-21,30H,8-11,13-14H2,1-5H3/b7-6+,16-12-/t17?,19-,20-,21+,24+/m1/s1. The van der Waals surface area contributed by atoms with Gasteiger partial charge < -0.3 is 19.5 Å². The van der Waals surface area contributed by atoms with E-state index in [9.17, 15) is 19.5 Å². The van der Waals surface area contributed by atoms with Crippen LogP contribution in [0.15, 0.2) is 23.8 Å². The van der Waals surface area contributed by atoms with Gasteiger partial charge in [-0.1, -0.05) is 13.8 Å². The van der Waals surface area contributed by atoms with Crippen LogP contribution in [0.5, 0.6) is 0 Å². The van der Waals surface area contributed by atoms with Gasteiger partial charge >= 0.3 is 11.9 Å². The summed E-state index contributed by atoms with van der Waals surface area (Å²) in [4.78, 5) is 42.5. The number of ether oxygens (including phenoxy) is 2. The lowest BCUT2D eigenvalue weighted by atomic mass is 9.79. The fraction of sp³-hybridized carbons (Fsp3) is 0.708. The molecule has 0 aromatic carbocycles. The van der Waals surface area contributed by atoms with Crippen molar-refractivity contribution in [3.63, 3.8) is 0 Å². The second kappa shape index (κ2) is 9.85. The van der Waals surface area contributed by atoms with E-state index in [0.29, 0.717) is 12.1 Å². The van der Waals surface area contributed by atoms with Crippen LogP contribution in [-0.4, -0.2) is 90.2 Å². The van der Waals surface area contributed by atoms with Crippen molar-refractivity contribution in [2.75, 3.05) is 39.8 Å². The molecule has 2 aliphatic heterocycles. The molecule has 0 amide bonds. The molecular formula is C24H36N2O6. The summed E-state index contributed by atoms with van der Waals surface area (Å²) < 4.78 is 11.6. The van der Waals surface area contributed by atoms with Gasteiger partial charge in [0.1, 0.15) is 12.2 Å². The highest BCUT2D eigenvalue weighted by molar-refractivity contribution is 6.03. The molecule has 5 atom stereocenters. The third kappa shape index (κ3) is 5.85. The van der Waals surface area contributed by atoms with Crippen LogP contribution < -0.4 is 0 Å². The van der Waals surface area contributed by atoms with Gasteiger partial charge in [-0.25, -0.2) is 0 Å². The van der Waals surface area contributed by atoms with Crippen LogP contribution in [0.1, 0.15) is 34.1 Å². The van der Waals surface area contributed by atoms with Crippen molar-refractivity contribution >= 4 is 17.7 Å². The van der Waals surface area contributed by atoms with Crippen LogP contribution in [0.2, 0.25) is 0 Å². The molecule has 32 heavy (non-hydrogen) atoms. The zero-order valence-electron chi connectivity index (χ0n) is 19.7. The van der Waals surface area contributed by atoms with Crippen molar-refractivity contribution in [1.82, 2.24) is 9.80 Å². The van der Waals surface area contributed by atoms with E-state index in [4.69, 9.17) is 9.47 Å². The summed E-state index contributed by atoms with van der Waals surface area (Å²) in [5.74, 6) is -2.36. The number of rotatable bonds is 4. The van der Waals surface area contributed by atoms with E-state index in [1.807, 2.05) is 0 Å². The Morgan fingerprint density at radius 2 is 1.94 bits per heavy atom.